The first-order chi connectivity index (χ1) is 14.3. The van der Waals surface area contributed by atoms with E-state index in [2.05, 4.69) is 25.9 Å². The molecule has 0 aliphatic rings. The number of nitrogens with zero attached hydrogens (tertiary/aromatic N) is 4. The van der Waals surface area contributed by atoms with Crippen LogP contribution in [0.3, 0.4) is 0 Å². The van der Waals surface area contributed by atoms with Gasteiger partial charge < -0.3 is 10.6 Å². The molecule has 0 aliphatic carbocycles. The van der Waals surface area contributed by atoms with Gasteiger partial charge in [0.1, 0.15) is 5.82 Å². The van der Waals surface area contributed by atoms with Crippen molar-refractivity contribution in [1.82, 2.24) is 19.8 Å². The van der Waals surface area contributed by atoms with E-state index in [1.54, 1.807) is 15.9 Å². The molecule has 148 valence electrons. The van der Waals surface area contributed by atoms with Gasteiger partial charge >= 0.3 is 0 Å². The minimum Gasteiger partial charge on any atom is -0.369 e. The summed E-state index contributed by atoms with van der Waals surface area (Å²) in [6.07, 6.45) is 3.34. The predicted octanol–water partition coefficient (Wildman–Crippen LogP) is 4.46. The van der Waals surface area contributed by atoms with Crippen molar-refractivity contribution < 1.29 is 4.79 Å². The van der Waals surface area contributed by atoms with Gasteiger partial charge in [0, 0.05) is 29.6 Å². The van der Waals surface area contributed by atoms with Gasteiger partial charge in [0.2, 0.25) is 5.91 Å². The minimum absolute atomic E-state index is 0.0600. The maximum atomic E-state index is 11.9. The van der Waals surface area contributed by atoms with Gasteiger partial charge in [-0.05, 0) is 48.6 Å². The Hall–Kier alpha value is -3.26. The standard InChI is InChI=1S/C21H22N6OS/c28-20(23-17-7-3-1-4-8-17)9-5-2-6-13-22-18-10-11-19-24-25-21(27(19)26-18)16-12-14-29-15-16/h1,3-4,7-8,10-12,14-15H,2,5-6,9,13H2,(H,22,26)(H,23,28). The molecule has 4 rings (SSSR count). The molecule has 29 heavy (non-hydrogen) atoms. The second-order valence-electron chi connectivity index (χ2n) is 6.68. The number of para-hydroxylation sites is 1. The zero-order valence-electron chi connectivity index (χ0n) is 15.9. The van der Waals surface area contributed by atoms with Crippen molar-refractivity contribution in [2.24, 2.45) is 0 Å². The summed E-state index contributed by atoms with van der Waals surface area (Å²) in [5.74, 6) is 1.59. The maximum Gasteiger partial charge on any atom is 0.224 e. The summed E-state index contributed by atoms with van der Waals surface area (Å²) < 4.78 is 1.76. The molecule has 8 heteroatoms. The summed E-state index contributed by atoms with van der Waals surface area (Å²) in [6, 6.07) is 15.4. The van der Waals surface area contributed by atoms with Crippen molar-refractivity contribution in [3.05, 3.63) is 59.3 Å². The SMILES string of the molecule is O=C(CCCCCNc1ccc2nnc(-c3ccsc3)n2n1)Nc1ccccc1. The van der Waals surface area contributed by atoms with Gasteiger partial charge in [0.25, 0.3) is 0 Å². The van der Waals surface area contributed by atoms with Gasteiger partial charge in [-0.1, -0.05) is 24.6 Å². The van der Waals surface area contributed by atoms with E-state index in [0.717, 1.165) is 54.3 Å². The Morgan fingerprint density at radius 3 is 2.72 bits per heavy atom. The predicted molar refractivity (Wildman–Crippen MR) is 116 cm³/mol. The lowest BCUT2D eigenvalue weighted by Crippen LogP contribution is -2.11. The first-order valence-corrected chi connectivity index (χ1v) is 10.6. The van der Waals surface area contributed by atoms with E-state index >= 15 is 0 Å². The van der Waals surface area contributed by atoms with E-state index in [-0.39, 0.29) is 5.91 Å². The molecule has 0 fully saturated rings. The molecule has 4 aromatic rings. The molecule has 0 unspecified atom stereocenters. The number of thiophene rings is 1. The molecule has 0 saturated heterocycles. The van der Waals surface area contributed by atoms with Crippen LogP contribution in [0.1, 0.15) is 25.7 Å². The molecule has 7 nitrogen and oxygen atoms in total. The number of unbranched alkanes of at least 4 members (excludes halogenated alkanes) is 2. The molecular formula is C21H22N6OS. The molecule has 1 amide bonds. The fourth-order valence-corrected chi connectivity index (χ4v) is 3.64. The van der Waals surface area contributed by atoms with Crippen molar-refractivity contribution in [3.8, 4) is 11.4 Å². The fraction of sp³-hybridized carbons (Fsp3) is 0.238. The Morgan fingerprint density at radius 2 is 1.90 bits per heavy atom. The van der Waals surface area contributed by atoms with Crippen LogP contribution in [0, 0.1) is 0 Å². The highest BCUT2D eigenvalue weighted by Gasteiger charge is 2.10. The van der Waals surface area contributed by atoms with E-state index in [1.807, 2.05) is 59.3 Å². The second kappa shape index (κ2) is 9.29. The lowest BCUT2D eigenvalue weighted by atomic mass is 10.2. The highest BCUT2D eigenvalue weighted by molar-refractivity contribution is 7.08. The number of carbonyl (C=O) groups is 1. The lowest BCUT2D eigenvalue weighted by Gasteiger charge is -2.07. The number of fused-ring (bicyclic) bond motifs is 1. The van der Waals surface area contributed by atoms with E-state index < -0.39 is 0 Å². The number of rotatable bonds is 9. The Kier molecular flexibility index (Phi) is 6.11. The van der Waals surface area contributed by atoms with Gasteiger partial charge in [-0.15, -0.1) is 15.3 Å². The Balaban J connectivity index is 1.21. The number of hydrogen-bond acceptors (Lipinski definition) is 6. The van der Waals surface area contributed by atoms with Crippen LogP contribution in [-0.4, -0.2) is 32.3 Å². The summed E-state index contributed by atoms with van der Waals surface area (Å²) in [5.41, 5.74) is 2.58. The highest BCUT2D eigenvalue weighted by atomic mass is 32.1. The Morgan fingerprint density at radius 1 is 1.00 bits per heavy atom. The minimum atomic E-state index is 0.0600. The number of carbonyl (C=O) groups excluding carboxylic acids is 1. The van der Waals surface area contributed by atoms with Gasteiger partial charge in [-0.2, -0.15) is 15.9 Å². The van der Waals surface area contributed by atoms with Crippen LogP contribution in [0.5, 0.6) is 0 Å². The second-order valence-corrected chi connectivity index (χ2v) is 7.46. The number of anilines is 2. The van der Waals surface area contributed by atoms with E-state index in [9.17, 15) is 4.79 Å². The normalized spacial score (nSPS) is 10.9. The average molecular weight is 407 g/mol. The van der Waals surface area contributed by atoms with Crippen molar-refractivity contribution in [2.45, 2.75) is 25.7 Å². The van der Waals surface area contributed by atoms with E-state index in [1.165, 1.54) is 0 Å². The Labute approximate surface area is 172 Å². The van der Waals surface area contributed by atoms with Crippen LogP contribution in [-0.2, 0) is 4.79 Å². The van der Waals surface area contributed by atoms with Crippen molar-refractivity contribution in [1.29, 1.82) is 0 Å². The van der Waals surface area contributed by atoms with E-state index in [4.69, 9.17) is 0 Å². The van der Waals surface area contributed by atoms with Crippen LogP contribution in [0.4, 0.5) is 11.5 Å². The van der Waals surface area contributed by atoms with Crippen LogP contribution < -0.4 is 10.6 Å². The molecule has 0 bridgehead atoms. The molecule has 0 atom stereocenters. The highest BCUT2D eigenvalue weighted by Crippen LogP contribution is 2.20. The molecule has 0 radical (unpaired) electrons. The maximum absolute atomic E-state index is 11.9. The van der Waals surface area contributed by atoms with Gasteiger partial charge in [0.05, 0.1) is 0 Å². The third kappa shape index (κ3) is 4.97. The number of hydrogen-bond donors (Lipinski definition) is 2. The quantitative estimate of drug-likeness (QED) is 0.401. The zero-order chi connectivity index (χ0) is 19.9. The molecule has 2 N–H and O–H groups in total. The molecule has 0 spiro atoms. The van der Waals surface area contributed by atoms with Gasteiger partial charge in [-0.3, -0.25) is 4.79 Å². The smallest absolute Gasteiger partial charge is 0.224 e. The molecular weight excluding hydrogens is 384 g/mol. The number of nitrogens with one attached hydrogen (secondary N) is 2. The first-order valence-electron chi connectivity index (χ1n) is 9.63. The number of amides is 1. The summed E-state index contributed by atoms with van der Waals surface area (Å²) >= 11 is 1.62. The number of benzene rings is 1. The monoisotopic (exact) mass is 406 g/mol. The zero-order valence-corrected chi connectivity index (χ0v) is 16.7. The van der Waals surface area contributed by atoms with Crippen LogP contribution >= 0.6 is 11.3 Å². The molecule has 3 heterocycles. The Bertz CT molecular complexity index is 1060. The summed E-state index contributed by atoms with van der Waals surface area (Å²) in [5, 5.41) is 23.3. The van der Waals surface area contributed by atoms with E-state index in [0.29, 0.717) is 6.42 Å². The lowest BCUT2D eigenvalue weighted by molar-refractivity contribution is -0.116. The first kappa shape index (κ1) is 19.1. The molecule has 0 aliphatic heterocycles. The van der Waals surface area contributed by atoms with Crippen LogP contribution in [0.2, 0.25) is 0 Å². The fourth-order valence-electron chi connectivity index (χ4n) is 3.00. The van der Waals surface area contributed by atoms with Crippen molar-refractivity contribution >= 4 is 34.4 Å². The molecule has 1 aromatic carbocycles. The third-order valence-electron chi connectivity index (χ3n) is 4.49. The van der Waals surface area contributed by atoms with Gasteiger partial charge in [0.15, 0.2) is 11.5 Å². The van der Waals surface area contributed by atoms with Crippen LogP contribution in [0.25, 0.3) is 17.0 Å². The summed E-state index contributed by atoms with van der Waals surface area (Å²) in [4.78, 5) is 11.9. The largest absolute Gasteiger partial charge is 0.369 e. The van der Waals surface area contributed by atoms with Crippen LogP contribution in [0.15, 0.2) is 59.3 Å². The number of aromatic nitrogens is 4. The third-order valence-corrected chi connectivity index (χ3v) is 5.17. The molecule has 0 saturated carbocycles. The van der Waals surface area contributed by atoms with Crippen molar-refractivity contribution in [2.75, 3.05) is 17.2 Å². The molecule has 3 aromatic heterocycles. The topological polar surface area (TPSA) is 84.2 Å². The average Bonchev–Trinajstić information content (AvgIpc) is 3.40. The summed E-state index contributed by atoms with van der Waals surface area (Å²) in [7, 11) is 0. The van der Waals surface area contributed by atoms with Crippen molar-refractivity contribution in [3.63, 3.8) is 0 Å². The van der Waals surface area contributed by atoms with Gasteiger partial charge in [-0.25, -0.2) is 0 Å². The summed E-state index contributed by atoms with van der Waals surface area (Å²) in [6.45, 7) is 0.800.